The Bertz CT molecular complexity index is 745. The van der Waals surface area contributed by atoms with E-state index in [1.54, 1.807) is 36.4 Å². The van der Waals surface area contributed by atoms with Gasteiger partial charge in [-0.3, -0.25) is 4.31 Å². The molecular formula is C13H11ClN2O2S2. The van der Waals surface area contributed by atoms with E-state index in [1.807, 2.05) is 6.07 Å². The molecule has 1 aromatic carbocycles. The number of thiophene rings is 1. The van der Waals surface area contributed by atoms with Gasteiger partial charge < -0.3 is 0 Å². The van der Waals surface area contributed by atoms with Crippen LogP contribution in [0.15, 0.2) is 36.4 Å². The van der Waals surface area contributed by atoms with Crippen molar-refractivity contribution in [1.29, 1.82) is 5.26 Å². The van der Waals surface area contributed by atoms with Crippen LogP contribution in [-0.2, 0) is 16.6 Å². The predicted octanol–water partition coefficient (Wildman–Crippen LogP) is 3.24. The fraction of sp³-hybridized carbons (Fsp3) is 0.154. The van der Waals surface area contributed by atoms with Gasteiger partial charge in [0.05, 0.1) is 34.5 Å². The number of halogens is 1. The highest BCUT2D eigenvalue weighted by Crippen LogP contribution is 2.26. The summed E-state index contributed by atoms with van der Waals surface area (Å²) in [6, 6.07) is 12.0. The third-order valence-corrected chi connectivity index (χ3v) is 4.97. The lowest BCUT2D eigenvalue weighted by molar-refractivity contribution is 0.596. The number of hydrogen-bond donors (Lipinski definition) is 0. The maximum Gasteiger partial charge on any atom is 0.232 e. The molecule has 0 aliphatic rings. The van der Waals surface area contributed by atoms with Crippen LogP contribution in [0.2, 0.25) is 4.34 Å². The van der Waals surface area contributed by atoms with E-state index in [2.05, 4.69) is 0 Å². The topological polar surface area (TPSA) is 61.2 Å². The smallest absolute Gasteiger partial charge is 0.232 e. The van der Waals surface area contributed by atoms with Gasteiger partial charge in [0.1, 0.15) is 0 Å². The molecule has 0 atom stereocenters. The second-order valence-electron chi connectivity index (χ2n) is 4.13. The average molecular weight is 327 g/mol. The molecule has 0 aliphatic carbocycles. The highest BCUT2D eigenvalue weighted by Gasteiger charge is 2.18. The molecule has 0 bridgehead atoms. The Kier molecular flexibility index (Phi) is 4.33. The third kappa shape index (κ3) is 3.51. The number of rotatable bonds is 4. The summed E-state index contributed by atoms with van der Waals surface area (Å²) in [5, 5.41) is 8.77. The standard InChI is InChI=1S/C13H11ClN2O2S2/c1-20(17,18)16(9-12-6-7-13(14)19-12)11-4-2-10(8-15)3-5-11/h2-7H,9H2,1H3. The molecule has 1 aromatic heterocycles. The Balaban J connectivity index is 2.35. The molecule has 4 nitrogen and oxygen atoms in total. The number of sulfonamides is 1. The number of nitrogens with zero attached hydrogens (tertiary/aromatic N) is 2. The SMILES string of the molecule is CS(=O)(=O)N(Cc1ccc(Cl)s1)c1ccc(C#N)cc1. The Labute approximate surface area is 126 Å². The first-order valence-electron chi connectivity index (χ1n) is 5.62. The van der Waals surface area contributed by atoms with Gasteiger partial charge in [-0.1, -0.05) is 11.6 Å². The quantitative estimate of drug-likeness (QED) is 0.866. The van der Waals surface area contributed by atoms with Crippen molar-refractivity contribution in [1.82, 2.24) is 0 Å². The minimum atomic E-state index is -3.41. The van der Waals surface area contributed by atoms with Gasteiger partial charge in [0, 0.05) is 4.88 Å². The predicted molar refractivity (Wildman–Crippen MR) is 81.5 cm³/mol. The fourth-order valence-electron chi connectivity index (χ4n) is 1.68. The van der Waals surface area contributed by atoms with Crippen molar-refractivity contribution in [2.24, 2.45) is 0 Å². The molecule has 0 fully saturated rings. The number of hydrogen-bond acceptors (Lipinski definition) is 4. The van der Waals surface area contributed by atoms with E-state index in [4.69, 9.17) is 16.9 Å². The number of anilines is 1. The Morgan fingerprint density at radius 3 is 2.35 bits per heavy atom. The van der Waals surface area contributed by atoms with E-state index in [9.17, 15) is 8.42 Å². The first kappa shape index (κ1) is 14.9. The van der Waals surface area contributed by atoms with E-state index >= 15 is 0 Å². The molecule has 7 heteroatoms. The summed E-state index contributed by atoms with van der Waals surface area (Å²) in [4.78, 5) is 0.852. The number of nitriles is 1. The second kappa shape index (κ2) is 5.83. The lowest BCUT2D eigenvalue weighted by Crippen LogP contribution is -2.28. The van der Waals surface area contributed by atoms with E-state index in [-0.39, 0.29) is 6.54 Å². The van der Waals surface area contributed by atoms with E-state index in [1.165, 1.54) is 15.6 Å². The van der Waals surface area contributed by atoms with Crippen molar-refractivity contribution >= 4 is 38.6 Å². The van der Waals surface area contributed by atoms with Crippen molar-refractivity contribution in [3.8, 4) is 6.07 Å². The second-order valence-corrected chi connectivity index (χ2v) is 7.84. The molecule has 0 saturated heterocycles. The van der Waals surface area contributed by atoms with Gasteiger partial charge in [0.2, 0.25) is 10.0 Å². The van der Waals surface area contributed by atoms with Gasteiger partial charge >= 0.3 is 0 Å². The summed E-state index contributed by atoms with van der Waals surface area (Å²) in [7, 11) is -3.41. The number of benzene rings is 1. The molecule has 0 spiro atoms. The van der Waals surface area contributed by atoms with Crippen molar-refractivity contribution in [3.63, 3.8) is 0 Å². The van der Waals surface area contributed by atoms with Gasteiger partial charge in [0.25, 0.3) is 0 Å². The van der Waals surface area contributed by atoms with Crippen LogP contribution in [0.25, 0.3) is 0 Å². The van der Waals surface area contributed by atoms with Crippen LogP contribution < -0.4 is 4.31 Å². The van der Waals surface area contributed by atoms with Crippen LogP contribution in [0.1, 0.15) is 10.4 Å². The monoisotopic (exact) mass is 326 g/mol. The first-order valence-corrected chi connectivity index (χ1v) is 8.66. The molecule has 0 aliphatic heterocycles. The van der Waals surface area contributed by atoms with Crippen molar-refractivity contribution in [2.75, 3.05) is 10.6 Å². The summed E-state index contributed by atoms with van der Waals surface area (Å²) in [6.45, 7) is 0.224. The van der Waals surface area contributed by atoms with Crippen LogP contribution in [0.4, 0.5) is 5.69 Å². The van der Waals surface area contributed by atoms with Crippen LogP contribution in [0.5, 0.6) is 0 Å². The highest BCUT2D eigenvalue weighted by molar-refractivity contribution is 7.92. The minimum Gasteiger partial charge on any atom is -0.265 e. The maximum absolute atomic E-state index is 11.9. The lowest BCUT2D eigenvalue weighted by Gasteiger charge is -2.21. The fourth-order valence-corrected chi connectivity index (χ4v) is 3.72. The maximum atomic E-state index is 11.9. The van der Waals surface area contributed by atoms with Crippen LogP contribution in [0.3, 0.4) is 0 Å². The Morgan fingerprint density at radius 2 is 1.90 bits per heavy atom. The van der Waals surface area contributed by atoms with Gasteiger partial charge in [-0.15, -0.1) is 11.3 Å². The van der Waals surface area contributed by atoms with Gasteiger partial charge in [-0.05, 0) is 36.4 Å². The van der Waals surface area contributed by atoms with Crippen LogP contribution in [-0.4, -0.2) is 14.7 Å². The molecule has 20 heavy (non-hydrogen) atoms. The summed E-state index contributed by atoms with van der Waals surface area (Å²) in [5.74, 6) is 0. The lowest BCUT2D eigenvalue weighted by atomic mass is 10.2. The molecule has 104 valence electrons. The first-order chi connectivity index (χ1) is 9.40. The van der Waals surface area contributed by atoms with E-state index in [0.29, 0.717) is 15.6 Å². The minimum absolute atomic E-state index is 0.224. The Hall–Kier alpha value is -1.55. The van der Waals surface area contributed by atoms with Crippen molar-refractivity contribution in [2.45, 2.75) is 6.54 Å². The van der Waals surface area contributed by atoms with Gasteiger partial charge in [-0.25, -0.2) is 8.42 Å². The van der Waals surface area contributed by atoms with Crippen LogP contribution >= 0.6 is 22.9 Å². The molecule has 0 unspecified atom stereocenters. The largest absolute Gasteiger partial charge is 0.265 e. The molecule has 0 N–H and O–H groups in total. The molecule has 0 amide bonds. The van der Waals surface area contributed by atoms with Crippen molar-refractivity contribution in [3.05, 3.63) is 51.2 Å². The zero-order valence-electron chi connectivity index (χ0n) is 10.6. The molecular weight excluding hydrogens is 316 g/mol. The summed E-state index contributed by atoms with van der Waals surface area (Å²) < 4.78 is 25.8. The van der Waals surface area contributed by atoms with Gasteiger partial charge in [-0.2, -0.15) is 5.26 Å². The molecule has 0 radical (unpaired) electrons. The normalized spacial score (nSPS) is 11.1. The third-order valence-electron chi connectivity index (χ3n) is 2.61. The molecule has 2 rings (SSSR count). The molecule has 0 saturated carbocycles. The zero-order valence-corrected chi connectivity index (χ0v) is 13.0. The summed E-state index contributed by atoms with van der Waals surface area (Å²) in [5.41, 5.74) is 1.01. The molecule has 1 heterocycles. The molecule has 2 aromatic rings. The van der Waals surface area contributed by atoms with E-state index < -0.39 is 10.0 Å². The summed E-state index contributed by atoms with van der Waals surface area (Å²) >= 11 is 7.20. The van der Waals surface area contributed by atoms with E-state index in [0.717, 1.165) is 11.1 Å². The Morgan fingerprint density at radius 1 is 1.25 bits per heavy atom. The zero-order chi connectivity index (χ0) is 14.8. The van der Waals surface area contributed by atoms with Crippen molar-refractivity contribution < 1.29 is 8.42 Å². The van der Waals surface area contributed by atoms with Crippen LogP contribution in [0, 0.1) is 11.3 Å². The highest BCUT2D eigenvalue weighted by atomic mass is 35.5. The van der Waals surface area contributed by atoms with Gasteiger partial charge in [0.15, 0.2) is 0 Å². The average Bonchev–Trinajstić information content (AvgIpc) is 2.81. The summed E-state index contributed by atoms with van der Waals surface area (Å²) in [6.07, 6.45) is 1.15.